The van der Waals surface area contributed by atoms with Crippen LogP contribution in [-0.2, 0) is 13.5 Å². The predicted octanol–water partition coefficient (Wildman–Crippen LogP) is 4.17. The molecule has 0 amide bonds. The molecule has 0 aliphatic rings. The molecule has 0 aliphatic heterocycles. The van der Waals surface area contributed by atoms with Gasteiger partial charge in [0, 0.05) is 7.05 Å². The highest BCUT2D eigenvalue weighted by Gasteiger charge is 2.19. The molecule has 0 saturated carbocycles. The quantitative estimate of drug-likeness (QED) is 0.734. The van der Waals surface area contributed by atoms with E-state index in [0.29, 0.717) is 9.79 Å². The Morgan fingerprint density at radius 2 is 2.19 bits per heavy atom. The number of aryl methyl sites for hydroxylation is 2. The first-order chi connectivity index (χ1) is 10.0. The zero-order valence-corrected chi connectivity index (χ0v) is 13.2. The van der Waals surface area contributed by atoms with Crippen molar-refractivity contribution >= 4 is 35.0 Å². The number of H-pyrrole nitrogens is 1. The molecular weight excluding hydrogens is 311 g/mol. The highest BCUT2D eigenvalue weighted by molar-refractivity contribution is 7.71. The second kappa shape index (κ2) is 5.27. The number of nitrogens with zero attached hydrogens (tertiary/aromatic N) is 3. The average molecular weight is 325 g/mol. The van der Waals surface area contributed by atoms with E-state index in [4.69, 9.17) is 23.8 Å². The van der Waals surface area contributed by atoms with Crippen molar-refractivity contribution in [3.8, 4) is 5.69 Å². The van der Waals surface area contributed by atoms with Gasteiger partial charge in [0.25, 0.3) is 0 Å². The molecule has 0 saturated heterocycles. The van der Waals surface area contributed by atoms with E-state index >= 15 is 0 Å². The summed E-state index contributed by atoms with van der Waals surface area (Å²) in [6.07, 6.45) is 1.80. The molecule has 0 radical (unpaired) electrons. The van der Waals surface area contributed by atoms with Crippen molar-refractivity contribution in [2.75, 3.05) is 0 Å². The third-order valence-corrected chi connectivity index (χ3v) is 3.97. The number of fused-ring (bicyclic) bond motifs is 1. The van der Waals surface area contributed by atoms with Crippen LogP contribution in [0.15, 0.2) is 18.2 Å². The third-order valence-electron chi connectivity index (χ3n) is 3.38. The summed E-state index contributed by atoms with van der Waals surface area (Å²) in [5.41, 5.74) is 2.73. The fraction of sp³-hybridized carbons (Fsp3) is 0.286. The molecule has 2 heterocycles. The van der Waals surface area contributed by atoms with E-state index in [1.165, 1.54) is 6.07 Å². The Bertz CT molecular complexity index is 857. The Balaban J connectivity index is 2.39. The van der Waals surface area contributed by atoms with E-state index in [1.54, 1.807) is 21.4 Å². The lowest BCUT2D eigenvalue weighted by molar-refractivity contribution is 0.616. The lowest BCUT2D eigenvalue weighted by Crippen LogP contribution is -2.03. The van der Waals surface area contributed by atoms with Gasteiger partial charge < -0.3 is 4.98 Å². The Morgan fingerprint density at radius 3 is 2.86 bits per heavy atom. The van der Waals surface area contributed by atoms with Crippen LogP contribution in [0.2, 0.25) is 5.02 Å². The molecule has 0 spiro atoms. The van der Waals surface area contributed by atoms with Crippen LogP contribution < -0.4 is 0 Å². The summed E-state index contributed by atoms with van der Waals surface area (Å²) in [6, 6.07) is 4.58. The van der Waals surface area contributed by atoms with Crippen LogP contribution >= 0.6 is 23.8 Å². The maximum Gasteiger partial charge on any atom is 0.184 e. The SMILES string of the molecule is CCCc1nn(C)c2c1[nH]c(=S)n2-c1c(F)cccc1Cl. The molecule has 1 N–H and O–H groups in total. The number of nitrogens with one attached hydrogen (secondary N) is 1. The van der Waals surface area contributed by atoms with Gasteiger partial charge in [-0.2, -0.15) is 5.10 Å². The molecule has 3 aromatic rings. The van der Waals surface area contributed by atoms with E-state index in [0.717, 1.165) is 29.7 Å². The highest BCUT2D eigenvalue weighted by Crippen LogP contribution is 2.29. The van der Waals surface area contributed by atoms with Gasteiger partial charge in [-0.15, -0.1) is 0 Å². The molecule has 110 valence electrons. The largest absolute Gasteiger partial charge is 0.327 e. The summed E-state index contributed by atoms with van der Waals surface area (Å²) >= 11 is 11.5. The van der Waals surface area contributed by atoms with Crippen LogP contribution in [0.5, 0.6) is 0 Å². The molecule has 4 nitrogen and oxygen atoms in total. The zero-order chi connectivity index (χ0) is 15.1. The number of benzene rings is 1. The summed E-state index contributed by atoms with van der Waals surface area (Å²) in [7, 11) is 1.81. The Hall–Kier alpha value is -1.66. The van der Waals surface area contributed by atoms with Gasteiger partial charge in [0.05, 0.1) is 10.7 Å². The molecule has 0 aliphatic carbocycles. The maximum atomic E-state index is 14.2. The number of para-hydroxylation sites is 1. The predicted molar refractivity (Wildman–Crippen MR) is 84.2 cm³/mol. The zero-order valence-electron chi connectivity index (χ0n) is 11.7. The van der Waals surface area contributed by atoms with E-state index in [9.17, 15) is 4.39 Å². The molecule has 0 atom stereocenters. The standard InChI is InChI=1S/C14H14ClFN4S/c1-3-5-10-11-13(19(2)18-10)20(14(21)17-11)12-8(15)6-4-7-9(12)16/h4,6-7H,3,5H2,1-2H3,(H,17,21). The van der Waals surface area contributed by atoms with Gasteiger partial charge >= 0.3 is 0 Å². The number of hydrogen-bond donors (Lipinski definition) is 1. The van der Waals surface area contributed by atoms with Crippen molar-refractivity contribution < 1.29 is 4.39 Å². The fourth-order valence-corrected chi connectivity index (χ4v) is 3.06. The molecule has 0 bridgehead atoms. The Kier molecular flexibility index (Phi) is 3.59. The van der Waals surface area contributed by atoms with Crippen LogP contribution in [0.4, 0.5) is 4.39 Å². The highest BCUT2D eigenvalue weighted by atomic mass is 35.5. The number of aromatic amines is 1. The normalized spacial score (nSPS) is 11.4. The van der Waals surface area contributed by atoms with Crippen LogP contribution in [0, 0.1) is 10.6 Å². The van der Waals surface area contributed by atoms with Gasteiger partial charge in [-0.1, -0.05) is 31.0 Å². The first-order valence-corrected chi connectivity index (χ1v) is 7.44. The first-order valence-electron chi connectivity index (χ1n) is 6.65. The van der Waals surface area contributed by atoms with E-state index < -0.39 is 5.82 Å². The summed E-state index contributed by atoms with van der Waals surface area (Å²) in [4.78, 5) is 3.12. The van der Waals surface area contributed by atoms with Crippen molar-refractivity contribution in [3.63, 3.8) is 0 Å². The lowest BCUT2D eigenvalue weighted by atomic mass is 10.2. The van der Waals surface area contributed by atoms with E-state index in [-0.39, 0.29) is 5.69 Å². The number of halogens is 2. The summed E-state index contributed by atoms with van der Waals surface area (Å²) in [5, 5.41) is 4.79. The van der Waals surface area contributed by atoms with Crippen molar-refractivity contribution in [1.82, 2.24) is 19.3 Å². The molecular formula is C14H14ClFN4S. The van der Waals surface area contributed by atoms with Crippen molar-refractivity contribution in [2.45, 2.75) is 19.8 Å². The minimum absolute atomic E-state index is 0.251. The first kappa shape index (κ1) is 14.3. The van der Waals surface area contributed by atoms with Gasteiger partial charge in [0.1, 0.15) is 17.0 Å². The lowest BCUT2D eigenvalue weighted by Gasteiger charge is -2.08. The van der Waals surface area contributed by atoms with E-state index in [2.05, 4.69) is 17.0 Å². The fourth-order valence-electron chi connectivity index (χ4n) is 2.53. The second-order valence-electron chi connectivity index (χ2n) is 4.85. The van der Waals surface area contributed by atoms with Gasteiger partial charge in [-0.3, -0.25) is 4.57 Å². The van der Waals surface area contributed by atoms with Gasteiger partial charge in [-0.25, -0.2) is 9.07 Å². The van der Waals surface area contributed by atoms with Gasteiger partial charge in [0.15, 0.2) is 10.4 Å². The molecule has 2 aromatic heterocycles. The molecule has 0 fully saturated rings. The number of hydrogen-bond acceptors (Lipinski definition) is 2. The average Bonchev–Trinajstić information content (AvgIpc) is 2.90. The van der Waals surface area contributed by atoms with Crippen LogP contribution in [0.1, 0.15) is 19.0 Å². The second-order valence-corrected chi connectivity index (χ2v) is 5.65. The van der Waals surface area contributed by atoms with E-state index in [1.807, 2.05) is 7.05 Å². The minimum Gasteiger partial charge on any atom is -0.327 e. The Morgan fingerprint density at radius 1 is 1.43 bits per heavy atom. The van der Waals surface area contributed by atoms with Gasteiger partial charge in [-0.05, 0) is 30.8 Å². The molecule has 0 unspecified atom stereocenters. The minimum atomic E-state index is -0.419. The monoisotopic (exact) mass is 324 g/mol. The van der Waals surface area contributed by atoms with Crippen molar-refractivity contribution in [3.05, 3.63) is 39.5 Å². The molecule has 21 heavy (non-hydrogen) atoms. The number of aromatic nitrogens is 4. The van der Waals surface area contributed by atoms with Crippen LogP contribution in [-0.4, -0.2) is 19.3 Å². The number of rotatable bonds is 3. The van der Waals surface area contributed by atoms with Gasteiger partial charge in [0.2, 0.25) is 0 Å². The Labute approximate surface area is 131 Å². The molecule has 3 rings (SSSR count). The van der Waals surface area contributed by atoms with Crippen LogP contribution in [0.25, 0.3) is 16.9 Å². The molecule has 1 aromatic carbocycles. The van der Waals surface area contributed by atoms with Crippen molar-refractivity contribution in [2.24, 2.45) is 7.05 Å². The summed E-state index contributed by atoms with van der Waals surface area (Å²) < 4.78 is 17.9. The summed E-state index contributed by atoms with van der Waals surface area (Å²) in [6.45, 7) is 2.08. The van der Waals surface area contributed by atoms with Crippen molar-refractivity contribution in [1.29, 1.82) is 0 Å². The maximum absolute atomic E-state index is 14.2. The molecule has 7 heteroatoms. The topological polar surface area (TPSA) is 38.5 Å². The third kappa shape index (κ3) is 2.18. The van der Waals surface area contributed by atoms with Crippen LogP contribution in [0.3, 0.4) is 0 Å². The number of imidazole rings is 1. The smallest absolute Gasteiger partial charge is 0.184 e. The summed E-state index contributed by atoms with van der Waals surface area (Å²) in [5.74, 6) is -0.419.